The van der Waals surface area contributed by atoms with Gasteiger partial charge < -0.3 is 15.6 Å². The first-order valence-electron chi connectivity index (χ1n) is 7.38. The number of carbonyl (C=O) groups is 1. The lowest BCUT2D eigenvalue weighted by Gasteiger charge is -2.38. The molecule has 3 N–H and O–H groups in total. The molecule has 0 bridgehead atoms. The van der Waals surface area contributed by atoms with Gasteiger partial charge in [0, 0.05) is 5.92 Å². The highest BCUT2D eigenvalue weighted by Gasteiger charge is 2.37. The molecular weight excluding hydrogens is 309 g/mol. The maximum Gasteiger partial charge on any atom is 0.321 e. The molecule has 0 radical (unpaired) electrons. The summed E-state index contributed by atoms with van der Waals surface area (Å²) in [5.74, 6) is -2.11. The molecule has 1 unspecified atom stereocenters. The van der Waals surface area contributed by atoms with Crippen LogP contribution < -0.4 is 5.73 Å². The highest BCUT2D eigenvalue weighted by molar-refractivity contribution is 6.30. The summed E-state index contributed by atoms with van der Waals surface area (Å²) in [6.45, 7) is 3.91. The van der Waals surface area contributed by atoms with Gasteiger partial charge in [-0.05, 0) is 50.3 Å². The molecule has 0 saturated carbocycles. The number of hydrogen-bond donors (Lipinski definition) is 2. The van der Waals surface area contributed by atoms with Crippen molar-refractivity contribution in [2.45, 2.75) is 50.9 Å². The summed E-state index contributed by atoms with van der Waals surface area (Å²) in [4.78, 5) is 11.4. The molecule has 6 heteroatoms. The van der Waals surface area contributed by atoms with E-state index in [-0.39, 0.29) is 23.1 Å². The van der Waals surface area contributed by atoms with Crippen molar-refractivity contribution < 1.29 is 19.0 Å². The summed E-state index contributed by atoms with van der Waals surface area (Å²) >= 11 is 5.72. The number of benzene rings is 1. The number of carboxylic acid groups (broad SMARTS) is 1. The molecule has 122 valence electrons. The molecule has 0 spiro atoms. The van der Waals surface area contributed by atoms with E-state index in [0.29, 0.717) is 18.4 Å². The van der Waals surface area contributed by atoms with Gasteiger partial charge in [-0.25, -0.2) is 4.39 Å². The maximum absolute atomic E-state index is 13.8. The van der Waals surface area contributed by atoms with Gasteiger partial charge in [0.15, 0.2) is 0 Å². The van der Waals surface area contributed by atoms with Gasteiger partial charge in [-0.1, -0.05) is 17.7 Å². The smallest absolute Gasteiger partial charge is 0.321 e. The Morgan fingerprint density at radius 2 is 2.00 bits per heavy atom. The molecule has 22 heavy (non-hydrogen) atoms. The van der Waals surface area contributed by atoms with Gasteiger partial charge in [0.1, 0.15) is 11.9 Å². The third kappa shape index (κ3) is 3.77. The zero-order chi connectivity index (χ0) is 16.4. The van der Waals surface area contributed by atoms with Crippen molar-refractivity contribution in [1.82, 2.24) is 0 Å². The average Bonchev–Trinajstić information content (AvgIpc) is 2.41. The molecule has 0 aromatic heterocycles. The highest BCUT2D eigenvalue weighted by Crippen LogP contribution is 2.38. The number of nitrogens with two attached hydrogens (primary N) is 1. The fourth-order valence-corrected chi connectivity index (χ4v) is 3.51. The number of hydrogen-bond acceptors (Lipinski definition) is 3. The molecule has 1 aromatic carbocycles. The predicted octanol–water partition coefficient (Wildman–Crippen LogP) is 3.18. The van der Waals surface area contributed by atoms with Crippen molar-refractivity contribution >= 4 is 17.6 Å². The zero-order valence-corrected chi connectivity index (χ0v) is 13.4. The van der Waals surface area contributed by atoms with Crippen molar-refractivity contribution in [3.05, 3.63) is 34.6 Å². The molecule has 2 rings (SSSR count). The second kappa shape index (κ2) is 6.94. The average molecular weight is 330 g/mol. The lowest BCUT2D eigenvalue weighted by molar-refractivity contribution is -0.140. The second-order valence-electron chi connectivity index (χ2n) is 6.05. The maximum atomic E-state index is 13.8. The van der Waals surface area contributed by atoms with Gasteiger partial charge in [-0.15, -0.1) is 0 Å². The van der Waals surface area contributed by atoms with Crippen LogP contribution in [0.15, 0.2) is 18.2 Å². The number of halogens is 2. The van der Waals surface area contributed by atoms with E-state index in [1.54, 1.807) is 6.07 Å². The SMILES string of the molecule is C[C@@H]1CC([C@H](c2ccc(Cl)c(F)c2)[C@H](N)C(=O)O)C[C@H](C)O1. The fraction of sp³-hybridized carbons (Fsp3) is 0.562. The summed E-state index contributed by atoms with van der Waals surface area (Å²) in [7, 11) is 0. The summed E-state index contributed by atoms with van der Waals surface area (Å²) in [5.41, 5.74) is 6.48. The number of ether oxygens (including phenoxy) is 1. The van der Waals surface area contributed by atoms with Gasteiger partial charge in [0.05, 0.1) is 17.2 Å². The van der Waals surface area contributed by atoms with Crippen LogP contribution in [0.2, 0.25) is 5.02 Å². The van der Waals surface area contributed by atoms with Crippen LogP contribution in [0.4, 0.5) is 4.39 Å². The third-order valence-electron chi connectivity index (χ3n) is 4.24. The lowest BCUT2D eigenvalue weighted by Crippen LogP contribution is -2.43. The Bertz CT molecular complexity index is 544. The van der Waals surface area contributed by atoms with Gasteiger partial charge >= 0.3 is 5.97 Å². The molecule has 0 aliphatic carbocycles. The largest absolute Gasteiger partial charge is 0.480 e. The van der Waals surface area contributed by atoms with Gasteiger partial charge in [-0.3, -0.25) is 4.79 Å². The van der Waals surface area contributed by atoms with Crippen molar-refractivity contribution in [2.75, 3.05) is 0 Å². The molecule has 1 aromatic rings. The Balaban J connectivity index is 2.37. The van der Waals surface area contributed by atoms with E-state index < -0.39 is 23.7 Å². The van der Waals surface area contributed by atoms with E-state index in [2.05, 4.69) is 0 Å². The van der Waals surface area contributed by atoms with Crippen LogP contribution in [0.3, 0.4) is 0 Å². The minimum absolute atomic E-state index is 0.0140. The fourth-order valence-electron chi connectivity index (χ4n) is 3.40. The van der Waals surface area contributed by atoms with E-state index in [0.717, 1.165) is 0 Å². The molecule has 0 amide bonds. The minimum atomic E-state index is -1.09. The quantitative estimate of drug-likeness (QED) is 0.890. The summed E-state index contributed by atoms with van der Waals surface area (Å²) in [6, 6.07) is 3.30. The Hall–Kier alpha value is -1.17. The van der Waals surface area contributed by atoms with Crippen molar-refractivity contribution in [3.63, 3.8) is 0 Å². The van der Waals surface area contributed by atoms with Crippen LogP contribution in [0, 0.1) is 11.7 Å². The minimum Gasteiger partial charge on any atom is -0.480 e. The monoisotopic (exact) mass is 329 g/mol. The molecule has 5 atom stereocenters. The van der Waals surface area contributed by atoms with Crippen LogP contribution in [0.25, 0.3) is 0 Å². The van der Waals surface area contributed by atoms with Crippen LogP contribution in [-0.2, 0) is 9.53 Å². The molecule has 1 saturated heterocycles. The van der Waals surface area contributed by atoms with Crippen LogP contribution in [-0.4, -0.2) is 29.3 Å². The van der Waals surface area contributed by atoms with E-state index in [9.17, 15) is 14.3 Å². The molecule has 1 aliphatic heterocycles. The van der Waals surface area contributed by atoms with E-state index in [1.807, 2.05) is 13.8 Å². The Morgan fingerprint density at radius 1 is 1.41 bits per heavy atom. The summed E-state index contributed by atoms with van der Waals surface area (Å²) in [5, 5.41) is 9.34. The summed E-state index contributed by atoms with van der Waals surface area (Å²) < 4.78 is 19.5. The molecule has 1 heterocycles. The van der Waals surface area contributed by atoms with Crippen molar-refractivity contribution in [1.29, 1.82) is 0 Å². The van der Waals surface area contributed by atoms with Crippen LogP contribution in [0.5, 0.6) is 0 Å². The van der Waals surface area contributed by atoms with Gasteiger partial charge in [0.2, 0.25) is 0 Å². The molecule has 1 aliphatic rings. The van der Waals surface area contributed by atoms with Gasteiger partial charge in [0.25, 0.3) is 0 Å². The Kier molecular flexibility index (Phi) is 5.42. The van der Waals surface area contributed by atoms with Crippen molar-refractivity contribution in [3.8, 4) is 0 Å². The molecule has 4 nitrogen and oxygen atoms in total. The predicted molar refractivity (Wildman–Crippen MR) is 82.5 cm³/mol. The number of carboxylic acids is 1. The topological polar surface area (TPSA) is 72.6 Å². The van der Waals surface area contributed by atoms with E-state index >= 15 is 0 Å². The highest BCUT2D eigenvalue weighted by atomic mass is 35.5. The Morgan fingerprint density at radius 3 is 2.50 bits per heavy atom. The number of aliphatic carboxylic acids is 1. The van der Waals surface area contributed by atoms with E-state index in [1.165, 1.54) is 12.1 Å². The normalized spacial score (nSPS) is 28.1. The standard InChI is InChI=1S/C16H21ClFNO3/c1-8-5-11(6-9(2)22-8)14(15(19)16(20)21)10-3-4-12(17)13(18)7-10/h3-4,7-9,11,14-15H,5-6,19H2,1-2H3,(H,20,21)/t8-,9+,11?,14-,15-/m0/s1. The first kappa shape index (κ1) is 17.2. The second-order valence-corrected chi connectivity index (χ2v) is 6.46. The first-order valence-corrected chi connectivity index (χ1v) is 7.76. The lowest BCUT2D eigenvalue weighted by atomic mass is 9.74. The van der Waals surface area contributed by atoms with Crippen molar-refractivity contribution in [2.24, 2.45) is 11.7 Å². The van der Waals surface area contributed by atoms with Crippen LogP contribution in [0.1, 0.15) is 38.2 Å². The molecular formula is C16H21ClFNO3. The number of rotatable bonds is 4. The Labute approximate surface area is 134 Å². The summed E-state index contributed by atoms with van der Waals surface area (Å²) in [6.07, 6.45) is 1.43. The third-order valence-corrected chi connectivity index (χ3v) is 4.55. The zero-order valence-electron chi connectivity index (χ0n) is 12.6. The van der Waals surface area contributed by atoms with E-state index in [4.69, 9.17) is 22.1 Å². The molecule has 1 fully saturated rings. The van der Waals surface area contributed by atoms with Crippen LogP contribution >= 0.6 is 11.6 Å². The first-order chi connectivity index (χ1) is 10.3. The van der Waals surface area contributed by atoms with Gasteiger partial charge in [-0.2, -0.15) is 0 Å².